The zero-order valence-corrected chi connectivity index (χ0v) is 14.4. The predicted octanol–water partition coefficient (Wildman–Crippen LogP) is 2.67. The lowest BCUT2D eigenvalue weighted by Gasteiger charge is -2.42. The van der Waals surface area contributed by atoms with Crippen LogP contribution in [0.5, 0.6) is 0 Å². The van der Waals surface area contributed by atoms with Crippen LogP contribution in [0.15, 0.2) is 30.6 Å². The van der Waals surface area contributed by atoms with E-state index in [1.807, 2.05) is 29.3 Å². The fraction of sp³-hybridized carbons (Fsp3) is 0.579. The summed E-state index contributed by atoms with van der Waals surface area (Å²) in [5.41, 5.74) is 1.63. The van der Waals surface area contributed by atoms with Crippen molar-refractivity contribution in [3.05, 3.63) is 36.2 Å². The molecule has 128 valence electrons. The minimum Gasteiger partial charge on any atom is -0.339 e. The van der Waals surface area contributed by atoms with Crippen molar-refractivity contribution >= 4 is 11.4 Å². The number of carbonyl (C=O) groups excluding carboxylic acids is 1. The van der Waals surface area contributed by atoms with E-state index in [2.05, 4.69) is 17.0 Å². The van der Waals surface area contributed by atoms with E-state index < -0.39 is 0 Å². The average molecular weight is 326 g/mol. The fourth-order valence-corrected chi connectivity index (χ4v) is 4.45. The van der Waals surface area contributed by atoms with Gasteiger partial charge >= 0.3 is 0 Å². The van der Waals surface area contributed by atoms with E-state index >= 15 is 0 Å². The van der Waals surface area contributed by atoms with Crippen molar-refractivity contribution < 1.29 is 4.79 Å². The van der Waals surface area contributed by atoms with Crippen LogP contribution in [0.2, 0.25) is 0 Å². The van der Waals surface area contributed by atoms with Crippen LogP contribution in [0.1, 0.15) is 42.5 Å². The molecule has 0 aromatic carbocycles. The van der Waals surface area contributed by atoms with Gasteiger partial charge in [0.05, 0.1) is 17.3 Å². The number of rotatable bonds is 2. The van der Waals surface area contributed by atoms with Crippen LogP contribution < -0.4 is 0 Å². The number of amides is 1. The number of fused-ring (bicyclic) bond motifs is 1. The Labute approximate surface area is 143 Å². The lowest BCUT2D eigenvalue weighted by atomic mass is 9.84. The molecule has 2 aliphatic heterocycles. The number of pyridine rings is 1. The first-order chi connectivity index (χ1) is 11.7. The number of hydrogen-bond donors (Lipinski definition) is 0. The van der Waals surface area contributed by atoms with E-state index in [0.29, 0.717) is 6.04 Å². The first-order valence-electron chi connectivity index (χ1n) is 9.16. The fourth-order valence-electron chi connectivity index (χ4n) is 4.45. The van der Waals surface area contributed by atoms with Crippen molar-refractivity contribution in [2.24, 2.45) is 5.92 Å². The van der Waals surface area contributed by atoms with Gasteiger partial charge in [0.15, 0.2) is 0 Å². The Morgan fingerprint density at radius 1 is 1.12 bits per heavy atom. The van der Waals surface area contributed by atoms with Gasteiger partial charge in [0.1, 0.15) is 0 Å². The molecule has 4 heterocycles. The van der Waals surface area contributed by atoms with Crippen LogP contribution >= 0.6 is 0 Å². The number of piperidine rings is 2. The van der Waals surface area contributed by atoms with E-state index in [9.17, 15) is 4.79 Å². The summed E-state index contributed by atoms with van der Waals surface area (Å²) in [6, 6.07) is 6.57. The zero-order valence-electron chi connectivity index (χ0n) is 14.4. The molecule has 5 nitrogen and oxygen atoms in total. The molecule has 1 atom stereocenters. The summed E-state index contributed by atoms with van der Waals surface area (Å²) in [6.07, 6.45) is 9.86. The van der Waals surface area contributed by atoms with E-state index in [1.54, 1.807) is 10.7 Å². The van der Waals surface area contributed by atoms with Gasteiger partial charge in [0, 0.05) is 25.3 Å². The standard InChI is InChI=1S/C19H26N4O/c1-21-10-4-2-6-17(21)15-8-12-22(13-9-15)19(24)16-14-20-23-11-5-3-7-18(16)23/h3,5,7,11,14-15,17H,2,4,6,8-10,12-13H2,1H3. The average Bonchev–Trinajstić information content (AvgIpc) is 3.06. The Balaban J connectivity index is 1.43. The van der Waals surface area contributed by atoms with E-state index in [4.69, 9.17) is 0 Å². The molecule has 2 aliphatic rings. The van der Waals surface area contributed by atoms with Crippen LogP contribution in [0, 0.1) is 5.92 Å². The third-order valence-corrected chi connectivity index (χ3v) is 5.85. The van der Waals surface area contributed by atoms with Crippen LogP contribution in [0.4, 0.5) is 0 Å². The predicted molar refractivity (Wildman–Crippen MR) is 94.1 cm³/mol. The molecule has 2 aromatic heterocycles. The number of likely N-dealkylation sites (tertiary alicyclic amines) is 2. The summed E-state index contributed by atoms with van der Waals surface area (Å²) in [4.78, 5) is 17.4. The molecule has 2 fully saturated rings. The van der Waals surface area contributed by atoms with Gasteiger partial charge in [-0.25, -0.2) is 4.52 Å². The maximum absolute atomic E-state index is 12.9. The molecular weight excluding hydrogens is 300 g/mol. The quantitative estimate of drug-likeness (QED) is 0.852. The largest absolute Gasteiger partial charge is 0.339 e. The van der Waals surface area contributed by atoms with E-state index in [0.717, 1.165) is 42.9 Å². The second-order valence-corrected chi connectivity index (χ2v) is 7.26. The highest BCUT2D eigenvalue weighted by molar-refractivity contribution is 6.00. The number of nitrogens with zero attached hydrogens (tertiary/aromatic N) is 4. The molecule has 0 radical (unpaired) electrons. The molecule has 5 heteroatoms. The van der Waals surface area contributed by atoms with Gasteiger partial charge < -0.3 is 9.80 Å². The second kappa shape index (κ2) is 6.55. The summed E-state index contributed by atoms with van der Waals surface area (Å²) in [7, 11) is 2.26. The highest BCUT2D eigenvalue weighted by Gasteiger charge is 2.32. The van der Waals surface area contributed by atoms with Crippen molar-refractivity contribution in [1.29, 1.82) is 0 Å². The van der Waals surface area contributed by atoms with Crippen molar-refractivity contribution in [2.75, 3.05) is 26.7 Å². The van der Waals surface area contributed by atoms with Gasteiger partial charge in [-0.15, -0.1) is 0 Å². The van der Waals surface area contributed by atoms with Gasteiger partial charge in [-0.05, 0) is 57.3 Å². The number of carbonyl (C=O) groups is 1. The molecule has 24 heavy (non-hydrogen) atoms. The molecule has 0 aliphatic carbocycles. The van der Waals surface area contributed by atoms with Crippen molar-refractivity contribution in [3.63, 3.8) is 0 Å². The molecule has 1 amide bonds. The minimum absolute atomic E-state index is 0.131. The summed E-state index contributed by atoms with van der Waals surface area (Å²) in [5, 5.41) is 4.30. The summed E-state index contributed by atoms with van der Waals surface area (Å²) < 4.78 is 1.77. The molecule has 4 rings (SSSR count). The Bertz CT molecular complexity index is 717. The molecule has 2 saturated heterocycles. The molecule has 1 unspecified atom stereocenters. The lowest BCUT2D eigenvalue weighted by Crippen LogP contribution is -2.47. The maximum Gasteiger partial charge on any atom is 0.257 e. The topological polar surface area (TPSA) is 40.8 Å². The van der Waals surface area contributed by atoms with Crippen LogP contribution in [0.3, 0.4) is 0 Å². The van der Waals surface area contributed by atoms with Gasteiger partial charge in [-0.3, -0.25) is 4.79 Å². The Morgan fingerprint density at radius 3 is 2.75 bits per heavy atom. The van der Waals surface area contributed by atoms with Gasteiger partial charge in [0.25, 0.3) is 5.91 Å². The maximum atomic E-state index is 12.9. The molecule has 0 saturated carbocycles. The summed E-state index contributed by atoms with van der Waals surface area (Å²) in [6.45, 7) is 2.97. The van der Waals surface area contributed by atoms with E-state index in [1.165, 1.54) is 25.8 Å². The first kappa shape index (κ1) is 15.6. The Morgan fingerprint density at radius 2 is 1.96 bits per heavy atom. The SMILES string of the molecule is CN1CCCCC1C1CCN(C(=O)c2cnn3ccccc23)CC1. The lowest BCUT2D eigenvalue weighted by molar-refractivity contribution is 0.0556. The third-order valence-electron chi connectivity index (χ3n) is 5.85. The Kier molecular flexibility index (Phi) is 4.27. The van der Waals surface area contributed by atoms with Crippen molar-refractivity contribution in [2.45, 2.75) is 38.1 Å². The Hall–Kier alpha value is -1.88. The summed E-state index contributed by atoms with van der Waals surface area (Å²) >= 11 is 0. The highest BCUT2D eigenvalue weighted by atomic mass is 16.2. The minimum atomic E-state index is 0.131. The zero-order chi connectivity index (χ0) is 16.5. The molecule has 0 spiro atoms. The van der Waals surface area contributed by atoms with Gasteiger partial charge in [-0.2, -0.15) is 5.10 Å². The normalized spacial score (nSPS) is 23.7. The van der Waals surface area contributed by atoms with Crippen molar-refractivity contribution in [1.82, 2.24) is 19.4 Å². The van der Waals surface area contributed by atoms with Crippen LogP contribution in [-0.2, 0) is 0 Å². The third kappa shape index (κ3) is 2.81. The smallest absolute Gasteiger partial charge is 0.257 e. The van der Waals surface area contributed by atoms with Gasteiger partial charge in [-0.1, -0.05) is 12.5 Å². The highest BCUT2D eigenvalue weighted by Crippen LogP contribution is 2.30. The molecule has 0 N–H and O–H groups in total. The number of hydrogen-bond acceptors (Lipinski definition) is 3. The molecule has 2 aromatic rings. The van der Waals surface area contributed by atoms with Crippen molar-refractivity contribution in [3.8, 4) is 0 Å². The van der Waals surface area contributed by atoms with Gasteiger partial charge in [0.2, 0.25) is 0 Å². The van der Waals surface area contributed by atoms with Crippen LogP contribution in [0.25, 0.3) is 5.52 Å². The van der Waals surface area contributed by atoms with E-state index in [-0.39, 0.29) is 5.91 Å². The second-order valence-electron chi connectivity index (χ2n) is 7.26. The van der Waals surface area contributed by atoms with Crippen LogP contribution in [-0.4, -0.2) is 58.0 Å². The first-order valence-corrected chi connectivity index (χ1v) is 9.16. The summed E-state index contributed by atoms with van der Waals surface area (Å²) in [5.74, 6) is 0.870. The monoisotopic (exact) mass is 326 g/mol. The molecular formula is C19H26N4O. The number of aromatic nitrogens is 2. The molecule has 0 bridgehead atoms.